The molecule has 9 nitrogen and oxygen atoms in total. The predicted molar refractivity (Wildman–Crippen MR) is 91.4 cm³/mol. The summed E-state index contributed by atoms with van der Waals surface area (Å²) < 4.78 is 3.26. The number of aromatic carboxylic acids is 1. The van der Waals surface area contributed by atoms with E-state index < -0.39 is 5.97 Å². The van der Waals surface area contributed by atoms with E-state index in [-0.39, 0.29) is 11.6 Å². The van der Waals surface area contributed by atoms with Crippen LogP contribution in [0, 0.1) is 0 Å². The molecule has 1 aromatic carbocycles. The van der Waals surface area contributed by atoms with Gasteiger partial charge in [0, 0.05) is 12.2 Å². The molecule has 0 bridgehead atoms. The molecule has 4 rings (SSSR count). The van der Waals surface area contributed by atoms with Crippen molar-refractivity contribution < 1.29 is 14.7 Å². The van der Waals surface area contributed by atoms with Gasteiger partial charge in [-0.15, -0.1) is 5.10 Å². The number of anilines is 1. The second kappa shape index (κ2) is 6.43. The molecule has 26 heavy (non-hydrogen) atoms. The molecule has 0 saturated carbocycles. The van der Waals surface area contributed by atoms with Gasteiger partial charge in [0.15, 0.2) is 5.69 Å². The second-order valence-corrected chi connectivity index (χ2v) is 6.04. The lowest BCUT2D eigenvalue weighted by atomic mass is 10.1. The van der Waals surface area contributed by atoms with E-state index in [4.69, 9.17) is 5.11 Å². The smallest absolute Gasteiger partial charge is 0.358 e. The van der Waals surface area contributed by atoms with Crippen molar-refractivity contribution >= 4 is 17.6 Å². The topological polar surface area (TPSA) is 115 Å². The summed E-state index contributed by atoms with van der Waals surface area (Å²) in [6, 6.07) is 6.91. The molecular formula is C17H16N6O3. The summed E-state index contributed by atoms with van der Waals surface area (Å²) in [5, 5.41) is 23.4. The molecule has 2 aromatic heterocycles. The van der Waals surface area contributed by atoms with Crippen LogP contribution in [0.4, 0.5) is 5.69 Å². The van der Waals surface area contributed by atoms with Crippen molar-refractivity contribution in [2.24, 2.45) is 0 Å². The van der Waals surface area contributed by atoms with Gasteiger partial charge in [0.2, 0.25) is 0 Å². The third kappa shape index (κ3) is 2.94. The molecule has 0 atom stereocenters. The summed E-state index contributed by atoms with van der Waals surface area (Å²) in [5.74, 6) is -1.32. The van der Waals surface area contributed by atoms with Crippen LogP contribution in [-0.2, 0) is 13.0 Å². The van der Waals surface area contributed by atoms with Crippen LogP contribution in [0.25, 0.3) is 5.69 Å². The molecule has 3 aromatic rings. The minimum Gasteiger partial charge on any atom is -0.476 e. The number of fused-ring (bicyclic) bond motifs is 1. The van der Waals surface area contributed by atoms with E-state index in [1.807, 2.05) is 4.68 Å². The molecule has 3 heterocycles. The van der Waals surface area contributed by atoms with Crippen LogP contribution in [0.2, 0.25) is 0 Å². The van der Waals surface area contributed by atoms with Gasteiger partial charge in [0.1, 0.15) is 0 Å². The number of amides is 1. The zero-order chi connectivity index (χ0) is 18.1. The van der Waals surface area contributed by atoms with Gasteiger partial charge in [-0.2, -0.15) is 5.10 Å². The summed E-state index contributed by atoms with van der Waals surface area (Å²) in [6.07, 6.45) is 5.96. The van der Waals surface area contributed by atoms with Crippen molar-refractivity contribution in [2.45, 2.75) is 25.8 Å². The molecule has 0 spiro atoms. The Labute approximate surface area is 148 Å². The van der Waals surface area contributed by atoms with E-state index in [0.29, 0.717) is 16.9 Å². The molecule has 0 aliphatic carbocycles. The van der Waals surface area contributed by atoms with Crippen LogP contribution in [0.3, 0.4) is 0 Å². The van der Waals surface area contributed by atoms with Crippen molar-refractivity contribution in [3.05, 3.63) is 53.6 Å². The van der Waals surface area contributed by atoms with Crippen LogP contribution in [-0.4, -0.2) is 41.8 Å². The van der Waals surface area contributed by atoms with Gasteiger partial charge >= 0.3 is 5.97 Å². The maximum atomic E-state index is 12.5. The Morgan fingerprint density at radius 3 is 2.69 bits per heavy atom. The third-order valence-corrected chi connectivity index (χ3v) is 4.33. The Morgan fingerprint density at radius 1 is 1.15 bits per heavy atom. The highest BCUT2D eigenvalue weighted by Crippen LogP contribution is 2.20. The molecule has 132 valence electrons. The maximum Gasteiger partial charge on any atom is 0.358 e. The second-order valence-electron chi connectivity index (χ2n) is 6.04. The van der Waals surface area contributed by atoms with Crippen LogP contribution < -0.4 is 5.32 Å². The summed E-state index contributed by atoms with van der Waals surface area (Å²) in [5.41, 5.74) is 2.73. The normalized spacial score (nSPS) is 13.2. The SMILES string of the molecule is O=C(O)c1cn(-c2ccc(NC(=O)c3cnn4c3CCCC4)cc2)nn1. The monoisotopic (exact) mass is 352 g/mol. The van der Waals surface area contributed by atoms with E-state index in [2.05, 4.69) is 20.7 Å². The fraction of sp³-hybridized carbons (Fsp3) is 0.235. The summed E-state index contributed by atoms with van der Waals surface area (Å²) >= 11 is 0. The molecule has 1 amide bonds. The number of rotatable bonds is 4. The predicted octanol–water partition coefficient (Wildman–Crippen LogP) is 1.75. The van der Waals surface area contributed by atoms with E-state index in [0.717, 1.165) is 31.5 Å². The number of carbonyl (C=O) groups excluding carboxylic acids is 1. The number of aromatic nitrogens is 5. The number of carboxylic acid groups (broad SMARTS) is 1. The van der Waals surface area contributed by atoms with Gasteiger partial charge in [0.05, 0.1) is 29.3 Å². The first kappa shape index (κ1) is 16.0. The largest absolute Gasteiger partial charge is 0.476 e. The highest BCUT2D eigenvalue weighted by Gasteiger charge is 2.19. The summed E-state index contributed by atoms with van der Waals surface area (Å²) in [7, 11) is 0. The third-order valence-electron chi connectivity index (χ3n) is 4.33. The molecule has 0 radical (unpaired) electrons. The number of hydrogen-bond donors (Lipinski definition) is 2. The molecule has 1 aliphatic rings. The zero-order valence-electron chi connectivity index (χ0n) is 13.8. The molecular weight excluding hydrogens is 336 g/mol. The lowest BCUT2D eigenvalue weighted by molar-refractivity contribution is 0.0690. The first-order valence-corrected chi connectivity index (χ1v) is 8.24. The molecule has 0 saturated heterocycles. The Hall–Kier alpha value is -3.49. The van der Waals surface area contributed by atoms with E-state index in [9.17, 15) is 9.59 Å². The van der Waals surface area contributed by atoms with Gasteiger partial charge in [-0.25, -0.2) is 9.48 Å². The molecule has 9 heteroatoms. The average Bonchev–Trinajstić information content (AvgIpc) is 3.30. The van der Waals surface area contributed by atoms with E-state index in [1.165, 1.54) is 10.9 Å². The summed E-state index contributed by atoms with van der Waals surface area (Å²) in [6.45, 7) is 0.855. The van der Waals surface area contributed by atoms with Gasteiger partial charge in [0.25, 0.3) is 5.91 Å². The van der Waals surface area contributed by atoms with E-state index >= 15 is 0 Å². The average molecular weight is 352 g/mol. The summed E-state index contributed by atoms with van der Waals surface area (Å²) in [4.78, 5) is 23.4. The Bertz CT molecular complexity index is 973. The lowest BCUT2D eigenvalue weighted by Gasteiger charge is -2.14. The molecule has 0 unspecified atom stereocenters. The number of benzene rings is 1. The van der Waals surface area contributed by atoms with Crippen LogP contribution >= 0.6 is 0 Å². The van der Waals surface area contributed by atoms with Crippen LogP contribution in [0.15, 0.2) is 36.7 Å². The van der Waals surface area contributed by atoms with Gasteiger partial charge in [-0.3, -0.25) is 9.48 Å². The quantitative estimate of drug-likeness (QED) is 0.739. The Morgan fingerprint density at radius 2 is 1.96 bits per heavy atom. The van der Waals surface area contributed by atoms with Crippen molar-refractivity contribution in [3.63, 3.8) is 0 Å². The number of aryl methyl sites for hydroxylation is 1. The number of carboxylic acids is 1. The molecule has 0 fully saturated rings. The minimum atomic E-state index is -1.13. The molecule has 2 N–H and O–H groups in total. The molecule has 1 aliphatic heterocycles. The van der Waals surface area contributed by atoms with Crippen LogP contribution in [0.5, 0.6) is 0 Å². The number of carbonyl (C=O) groups is 2. The minimum absolute atomic E-state index is 0.131. The number of nitrogens with one attached hydrogen (secondary N) is 1. The highest BCUT2D eigenvalue weighted by molar-refractivity contribution is 6.05. The number of hydrogen-bond acceptors (Lipinski definition) is 5. The zero-order valence-corrected chi connectivity index (χ0v) is 13.8. The fourth-order valence-corrected chi connectivity index (χ4v) is 2.99. The Kier molecular flexibility index (Phi) is 3.96. The van der Waals surface area contributed by atoms with E-state index in [1.54, 1.807) is 30.5 Å². The van der Waals surface area contributed by atoms with Crippen molar-refractivity contribution in [3.8, 4) is 5.69 Å². The van der Waals surface area contributed by atoms with Crippen molar-refractivity contribution in [2.75, 3.05) is 5.32 Å². The highest BCUT2D eigenvalue weighted by atomic mass is 16.4. The lowest BCUT2D eigenvalue weighted by Crippen LogP contribution is -2.17. The van der Waals surface area contributed by atoms with Crippen molar-refractivity contribution in [1.29, 1.82) is 0 Å². The van der Waals surface area contributed by atoms with Gasteiger partial charge < -0.3 is 10.4 Å². The standard InChI is InChI=1S/C17H16N6O3/c24-16(13-9-18-22-8-2-1-3-15(13)22)19-11-4-6-12(7-5-11)23-10-14(17(25)26)20-21-23/h4-7,9-10H,1-3,8H2,(H,19,24)(H,25,26). The Balaban J connectivity index is 1.49. The van der Waals surface area contributed by atoms with Gasteiger partial charge in [-0.1, -0.05) is 5.21 Å². The van der Waals surface area contributed by atoms with Crippen molar-refractivity contribution in [1.82, 2.24) is 24.8 Å². The first-order valence-electron chi connectivity index (χ1n) is 8.24. The first-order chi connectivity index (χ1) is 12.6. The van der Waals surface area contributed by atoms with Gasteiger partial charge in [-0.05, 0) is 43.5 Å². The van der Waals surface area contributed by atoms with Crippen LogP contribution in [0.1, 0.15) is 39.4 Å². The number of nitrogens with zero attached hydrogens (tertiary/aromatic N) is 5. The fourth-order valence-electron chi connectivity index (χ4n) is 2.99. The maximum absolute atomic E-state index is 12.5.